The van der Waals surface area contributed by atoms with Crippen LogP contribution < -0.4 is 4.74 Å². The molecule has 5 rings (SSSR count). The second-order valence-electron chi connectivity index (χ2n) is 11.4. The Labute approximate surface area is 241 Å². The van der Waals surface area contributed by atoms with Gasteiger partial charge in [0.05, 0.1) is 19.1 Å². The average molecular weight is 603 g/mol. The van der Waals surface area contributed by atoms with Crippen LogP contribution in [0.5, 0.6) is 5.75 Å². The van der Waals surface area contributed by atoms with E-state index in [-0.39, 0.29) is 18.8 Å². The molecule has 226 valence electrons. The van der Waals surface area contributed by atoms with E-state index in [0.717, 1.165) is 11.0 Å². The molecule has 0 unspecified atom stereocenters. The van der Waals surface area contributed by atoms with E-state index in [0.29, 0.717) is 61.2 Å². The maximum atomic E-state index is 15.2. The molecule has 0 aromatic heterocycles. The maximum absolute atomic E-state index is 15.2. The lowest BCUT2D eigenvalue weighted by atomic mass is 9.78. The highest BCUT2D eigenvalue weighted by Gasteiger charge is 2.44. The molecule has 2 saturated carbocycles. The van der Waals surface area contributed by atoms with Gasteiger partial charge in [-0.25, -0.2) is 17.6 Å². The first-order valence-electron chi connectivity index (χ1n) is 14.5. The molecule has 0 spiro atoms. The smallest absolute Gasteiger partial charge is 0.400 e. The first kappa shape index (κ1) is 30.5. The number of thioether (sulfide) groups is 1. The van der Waals surface area contributed by atoms with Gasteiger partial charge >= 0.3 is 6.11 Å². The highest BCUT2D eigenvalue weighted by atomic mass is 32.2. The SMILES string of the molecule is CCSC1CCC(C2COC(c3ccc(C4CCC(C(F)(F)Oc5cc(F)c(F)c(F)c5)CC4)c(F)c3)OC2)CC1. The lowest BCUT2D eigenvalue weighted by molar-refractivity contribution is -0.222. The number of hydrogen-bond acceptors (Lipinski definition) is 4. The van der Waals surface area contributed by atoms with Crippen molar-refractivity contribution in [2.75, 3.05) is 19.0 Å². The van der Waals surface area contributed by atoms with Crippen molar-refractivity contribution in [1.82, 2.24) is 0 Å². The summed E-state index contributed by atoms with van der Waals surface area (Å²) in [7, 11) is 0. The Morgan fingerprint density at radius 1 is 0.805 bits per heavy atom. The van der Waals surface area contributed by atoms with Gasteiger partial charge in [0.25, 0.3) is 0 Å². The standard InChI is InChI=1S/C31H36F6O3S/c1-2-41-24-10-5-18(6-11-24)21-16-38-30(39-17-21)20-7-12-25(26(32)13-20)19-3-8-22(9-4-19)31(36,37)40-23-14-27(33)29(35)28(34)15-23/h7,12-15,18-19,21-22,24,30H,2-6,8-11,16-17H2,1H3. The molecule has 2 aromatic carbocycles. The molecule has 3 fully saturated rings. The third-order valence-electron chi connectivity index (χ3n) is 8.86. The number of benzene rings is 2. The topological polar surface area (TPSA) is 27.7 Å². The summed E-state index contributed by atoms with van der Waals surface area (Å²) in [5.74, 6) is -5.56. The minimum atomic E-state index is -3.72. The van der Waals surface area contributed by atoms with Gasteiger partial charge in [-0.15, -0.1) is 0 Å². The monoisotopic (exact) mass is 602 g/mol. The van der Waals surface area contributed by atoms with E-state index in [9.17, 15) is 22.0 Å². The fraction of sp³-hybridized carbons (Fsp3) is 0.613. The van der Waals surface area contributed by atoms with Crippen LogP contribution in [0.3, 0.4) is 0 Å². The van der Waals surface area contributed by atoms with Gasteiger partial charge in [0.2, 0.25) is 0 Å². The molecule has 0 amide bonds. The average Bonchev–Trinajstić information content (AvgIpc) is 2.96. The zero-order valence-corrected chi connectivity index (χ0v) is 23.8. The molecule has 0 N–H and O–H groups in total. The molecule has 2 aromatic rings. The third kappa shape index (κ3) is 7.19. The third-order valence-corrected chi connectivity index (χ3v) is 10.1. The van der Waals surface area contributed by atoms with Gasteiger partial charge in [0, 0.05) is 28.9 Å². The predicted molar refractivity (Wildman–Crippen MR) is 145 cm³/mol. The highest BCUT2D eigenvalue weighted by molar-refractivity contribution is 7.99. The second-order valence-corrected chi connectivity index (χ2v) is 13.0. The number of rotatable bonds is 8. The summed E-state index contributed by atoms with van der Waals surface area (Å²) in [4.78, 5) is 0. The van der Waals surface area contributed by atoms with Crippen molar-refractivity contribution in [2.24, 2.45) is 17.8 Å². The lowest BCUT2D eigenvalue weighted by Crippen LogP contribution is -2.37. The van der Waals surface area contributed by atoms with E-state index in [1.807, 2.05) is 11.8 Å². The van der Waals surface area contributed by atoms with Crippen LogP contribution in [0.25, 0.3) is 0 Å². The summed E-state index contributed by atoms with van der Waals surface area (Å²) in [5.41, 5.74) is 1.05. The largest absolute Gasteiger partial charge is 0.432 e. The van der Waals surface area contributed by atoms with Crippen molar-refractivity contribution in [3.8, 4) is 5.75 Å². The molecule has 1 aliphatic heterocycles. The summed E-state index contributed by atoms with van der Waals surface area (Å²) in [5, 5.41) is 0.758. The predicted octanol–water partition coefficient (Wildman–Crippen LogP) is 9.16. The summed E-state index contributed by atoms with van der Waals surface area (Å²) in [6.45, 7) is 3.37. The van der Waals surface area contributed by atoms with Crippen LogP contribution in [0.15, 0.2) is 30.3 Å². The molecular weight excluding hydrogens is 566 g/mol. The molecule has 3 nitrogen and oxygen atoms in total. The summed E-state index contributed by atoms with van der Waals surface area (Å²) >= 11 is 2.04. The van der Waals surface area contributed by atoms with E-state index in [2.05, 4.69) is 11.7 Å². The van der Waals surface area contributed by atoms with E-state index in [1.165, 1.54) is 31.7 Å². The maximum Gasteiger partial charge on any atom is 0.400 e. The van der Waals surface area contributed by atoms with Crippen LogP contribution in [0.4, 0.5) is 26.3 Å². The highest BCUT2D eigenvalue weighted by Crippen LogP contribution is 2.44. The number of hydrogen-bond donors (Lipinski definition) is 0. The molecule has 0 radical (unpaired) electrons. The van der Waals surface area contributed by atoms with Crippen LogP contribution >= 0.6 is 11.8 Å². The Morgan fingerprint density at radius 2 is 1.44 bits per heavy atom. The van der Waals surface area contributed by atoms with Gasteiger partial charge in [-0.2, -0.15) is 20.5 Å². The van der Waals surface area contributed by atoms with Crippen molar-refractivity contribution in [3.05, 3.63) is 64.7 Å². The van der Waals surface area contributed by atoms with Crippen LogP contribution in [-0.2, 0) is 9.47 Å². The lowest BCUT2D eigenvalue weighted by Gasteiger charge is -2.37. The summed E-state index contributed by atoms with van der Waals surface area (Å²) < 4.78 is 101. The molecular formula is C31H36F6O3S. The Kier molecular flexibility index (Phi) is 9.81. The van der Waals surface area contributed by atoms with Gasteiger partial charge in [0.1, 0.15) is 11.6 Å². The number of alkyl halides is 2. The van der Waals surface area contributed by atoms with E-state index in [1.54, 1.807) is 12.1 Å². The first-order chi connectivity index (χ1) is 19.6. The van der Waals surface area contributed by atoms with Gasteiger partial charge in [-0.3, -0.25) is 0 Å². The molecule has 1 heterocycles. The van der Waals surface area contributed by atoms with Crippen molar-refractivity contribution < 1.29 is 40.6 Å². The molecule has 3 aliphatic rings. The van der Waals surface area contributed by atoms with Crippen molar-refractivity contribution in [3.63, 3.8) is 0 Å². The van der Waals surface area contributed by atoms with Crippen LogP contribution in [0, 0.1) is 41.0 Å². The molecule has 41 heavy (non-hydrogen) atoms. The van der Waals surface area contributed by atoms with E-state index in [4.69, 9.17) is 9.47 Å². The summed E-state index contributed by atoms with van der Waals surface area (Å²) in [6, 6.07) is 5.66. The quantitative estimate of drug-likeness (QED) is 0.223. The van der Waals surface area contributed by atoms with Crippen molar-refractivity contribution in [2.45, 2.75) is 81.9 Å². The molecule has 0 atom stereocenters. The van der Waals surface area contributed by atoms with Crippen molar-refractivity contribution >= 4 is 11.8 Å². The minimum Gasteiger partial charge on any atom is -0.432 e. The fourth-order valence-electron chi connectivity index (χ4n) is 6.54. The van der Waals surface area contributed by atoms with Crippen LogP contribution in [0.1, 0.15) is 81.6 Å². The van der Waals surface area contributed by atoms with Crippen LogP contribution in [0.2, 0.25) is 0 Å². The minimum absolute atomic E-state index is 0.0281. The van der Waals surface area contributed by atoms with Gasteiger partial charge in [0.15, 0.2) is 23.7 Å². The Morgan fingerprint density at radius 3 is 2.02 bits per heavy atom. The zero-order valence-electron chi connectivity index (χ0n) is 23.0. The van der Waals surface area contributed by atoms with Gasteiger partial charge < -0.3 is 14.2 Å². The summed E-state index contributed by atoms with van der Waals surface area (Å²) in [6.07, 6.45) is 1.14. The van der Waals surface area contributed by atoms with E-state index < -0.39 is 47.3 Å². The molecule has 1 saturated heterocycles. The number of ether oxygens (including phenoxy) is 3. The molecule has 10 heteroatoms. The van der Waals surface area contributed by atoms with Gasteiger partial charge in [-0.1, -0.05) is 19.1 Å². The Bertz CT molecular complexity index is 1150. The molecule has 0 bridgehead atoms. The zero-order chi connectivity index (χ0) is 29.1. The normalized spacial score (nSPS) is 29.3. The van der Waals surface area contributed by atoms with Crippen molar-refractivity contribution in [1.29, 1.82) is 0 Å². The number of halogens is 6. The Balaban J connectivity index is 1.12. The fourth-order valence-corrected chi connectivity index (χ4v) is 7.62. The molecule has 2 aliphatic carbocycles. The van der Waals surface area contributed by atoms with E-state index >= 15 is 4.39 Å². The van der Waals surface area contributed by atoms with Crippen LogP contribution in [-0.4, -0.2) is 30.3 Å². The second kappa shape index (κ2) is 13.2. The Hall–Kier alpha value is -1.91. The van der Waals surface area contributed by atoms with Gasteiger partial charge in [-0.05, 0) is 80.6 Å². The first-order valence-corrected chi connectivity index (χ1v) is 15.5.